The Labute approximate surface area is 100 Å². The van der Waals surface area contributed by atoms with E-state index in [2.05, 4.69) is 0 Å². The Morgan fingerprint density at radius 3 is 2.59 bits per heavy atom. The van der Waals surface area contributed by atoms with Gasteiger partial charge in [0.1, 0.15) is 5.78 Å². The third-order valence-electron chi connectivity index (χ3n) is 3.15. The average Bonchev–Trinajstić information content (AvgIpc) is 2.72. The van der Waals surface area contributed by atoms with E-state index >= 15 is 0 Å². The first-order valence-corrected chi connectivity index (χ1v) is 6.09. The van der Waals surface area contributed by atoms with Gasteiger partial charge in [-0.25, -0.2) is 0 Å². The van der Waals surface area contributed by atoms with Crippen molar-refractivity contribution >= 4 is 11.8 Å². The van der Waals surface area contributed by atoms with Crippen molar-refractivity contribution < 1.29 is 23.8 Å². The van der Waals surface area contributed by atoms with Crippen molar-refractivity contribution in [2.24, 2.45) is 0 Å². The summed E-state index contributed by atoms with van der Waals surface area (Å²) in [5, 5.41) is 0. The maximum atomic E-state index is 11.8. The smallest absolute Gasteiger partial charge is 0.306 e. The molecule has 17 heavy (non-hydrogen) atoms. The summed E-state index contributed by atoms with van der Waals surface area (Å²) >= 11 is 0. The minimum absolute atomic E-state index is 0.108. The van der Waals surface area contributed by atoms with Crippen LogP contribution in [0, 0.1) is 0 Å². The highest BCUT2D eigenvalue weighted by atomic mass is 16.7. The van der Waals surface area contributed by atoms with Gasteiger partial charge in [0.25, 0.3) is 0 Å². The molecule has 0 N–H and O–H groups in total. The topological polar surface area (TPSA) is 61.8 Å². The van der Waals surface area contributed by atoms with Gasteiger partial charge in [0.05, 0.1) is 32.2 Å². The van der Waals surface area contributed by atoms with Crippen LogP contribution in [0.15, 0.2) is 0 Å². The minimum atomic E-state index is -0.878. The molecule has 0 aromatic carbocycles. The molecule has 96 valence electrons. The molecule has 0 aliphatic carbocycles. The Balaban J connectivity index is 2.05. The molecule has 0 aromatic rings. The molecule has 0 radical (unpaired) electrons. The molecule has 1 unspecified atom stereocenters. The lowest BCUT2D eigenvalue weighted by Gasteiger charge is -2.28. The molecular weight excluding hydrogens is 224 g/mol. The van der Waals surface area contributed by atoms with Gasteiger partial charge in [-0.3, -0.25) is 9.59 Å². The SMILES string of the molecule is CC1CCC(=O)CC2(CCC(=O)O1)OCCO2. The number of ketones is 1. The monoisotopic (exact) mass is 242 g/mol. The second-order valence-electron chi connectivity index (χ2n) is 4.66. The van der Waals surface area contributed by atoms with E-state index in [1.54, 1.807) is 0 Å². The van der Waals surface area contributed by atoms with E-state index < -0.39 is 5.79 Å². The minimum Gasteiger partial charge on any atom is -0.463 e. The summed E-state index contributed by atoms with van der Waals surface area (Å²) in [5.41, 5.74) is 0. The Morgan fingerprint density at radius 1 is 1.18 bits per heavy atom. The van der Waals surface area contributed by atoms with E-state index in [0.717, 1.165) is 0 Å². The van der Waals surface area contributed by atoms with E-state index in [-0.39, 0.29) is 30.7 Å². The fourth-order valence-corrected chi connectivity index (χ4v) is 2.22. The summed E-state index contributed by atoms with van der Waals surface area (Å²) in [6.45, 7) is 2.78. The number of carbonyl (C=O) groups excluding carboxylic acids is 2. The summed E-state index contributed by atoms with van der Waals surface area (Å²) in [4.78, 5) is 23.3. The first-order valence-electron chi connectivity index (χ1n) is 6.09. The van der Waals surface area contributed by atoms with Crippen LogP contribution in [0.1, 0.15) is 39.0 Å². The fraction of sp³-hybridized carbons (Fsp3) is 0.833. The fourth-order valence-electron chi connectivity index (χ4n) is 2.22. The molecule has 2 heterocycles. The molecule has 2 rings (SSSR count). The molecule has 5 nitrogen and oxygen atoms in total. The van der Waals surface area contributed by atoms with Gasteiger partial charge >= 0.3 is 5.97 Å². The van der Waals surface area contributed by atoms with Gasteiger partial charge < -0.3 is 14.2 Å². The number of carbonyl (C=O) groups is 2. The van der Waals surface area contributed by atoms with Crippen LogP contribution < -0.4 is 0 Å². The number of hydrogen-bond acceptors (Lipinski definition) is 5. The number of rotatable bonds is 0. The first kappa shape index (κ1) is 12.5. The van der Waals surface area contributed by atoms with Gasteiger partial charge in [0, 0.05) is 12.8 Å². The van der Waals surface area contributed by atoms with Crippen LogP contribution in [0.3, 0.4) is 0 Å². The van der Waals surface area contributed by atoms with Gasteiger partial charge in [-0.1, -0.05) is 0 Å². The van der Waals surface area contributed by atoms with Gasteiger partial charge in [-0.2, -0.15) is 0 Å². The molecule has 5 heteroatoms. The molecule has 2 aliphatic rings. The van der Waals surface area contributed by atoms with E-state index in [1.807, 2.05) is 6.92 Å². The number of ether oxygens (including phenoxy) is 3. The lowest BCUT2D eigenvalue weighted by molar-refractivity contribution is -0.181. The van der Waals surface area contributed by atoms with Crippen molar-refractivity contribution in [2.45, 2.75) is 50.9 Å². The summed E-state index contributed by atoms with van der Waals surface area (Å²) in [6, 6.07) is 0. The highest BCUT2D eigenvalue weighted by Crippen LogP contribution is 2.30. The van der Waals surface area contributed by atoms with Crippen LogP contribution >= 0.6 is 0 Å². The zero-order valence-corrected chi connectivity index (χ0v) is 10.1. The Morgan fingerprint density at radius 2 is 1.88 bits per heavy atom. The molecule has 2 saturated heterocycles. The lowest BCUT2D eigenvalue weighted by atomic mass is 9.99. The molecule has 0 amide bonds. The summed E-state index contributed by atoms with van der Waals surface area (Å²) in [5.74, 6) is -1.02. The van der Waals surface area contributed by atoms with Gasteiger partial charge in [-0.15, -0.1) is 0 Å². The number of Topliss-reactive ketones (excluding diaryl/α,β-unsaturated/α-hetero) is 1. The second kappa shape index (κ2) is 5.14. The molecule has 0 aromatic heterocycles. The van der Waals surface area contributed by atoms with Crippen molar-refractivity contribution in [3.63, 3.8) is 0 Å². The number of hydrogen-bond donors (Lipinski definition) is 0. The maximum Gasteiger partial charge on any atom is 0.306 e. The van der Waals surface area contributed by atoms with Crippen LogP contribution in [0.5, 0.6) is 0 Å². The lowest BCUT2D eigenvalue weighted by Crippen LogP contribution is -2.35. The van der Waals surface area contributed by atoms with E-state index in [1.165, 1.54) is 0 Å². The van der Waals surface area contributed by atoms with Crippen molar-refractivity contribution in [3.05, 3.63) is 0 Å². The van der Waals surface area contributed by atoms with Crippen molar-refractivity contribution in [2.75, 3.05) is 13.2 Å². The van der Waals surface area contributed by atoms with E-state index in [9.17, 15) is 9.59 Å². The molecule has 0 saturated carbocycles. The predicted octanol–water partition coefficient (Wildman–Crippen LogP) is 1.19. The van der Waals surface area contributed by atoms with Gasteiger partial charge in [0.2, 0.25) is 0 Å². The Kier molecular flexibility index (Phi) is 3.79. The van der Waals surface area contributed by atoms with Crippen molar-refractivity contribution in [1.82, 2.24) is 0 Å². The average molecular weight is 242 g/mol. The van der Waals surface area contributed by atoms with Crippen molar-refractivity contribution in [1.29, 1.82) is 0 Å². The molecular formula is C12H18O5. The van der Waals surface area contributed by atoms with Crippen LogP contribution in [-0.4, -0.2) is 36.9 Å². The normalized spacial score (nSPS) is 30.3. The summed E-state index contributed by atoms with van der Waals surface area (Å²) in [6.07, 6.45) is 1.66. The van der Waals surface area contributed by atoms with Gasteiger partial charge in [0.15, 0.2) is 5.79 Å². The zero-order chi connectivity index (χ0) is 12.3. The standard InChI is InChI=1S/C12H18O5/c1-9-2-3-10(13)8-12(15-6-7-16-12)5-4-11(14)17-9/h9H,2-8H2,1H3. The third-order valence-corrected chi connectivity index (χ3v) is 3.15. The maximum absolute atomic E-state index is 11.8. The van der Waals surface area contributed by atoms with Crippen LogP contribution in [0.2, 0.25) is 0 Å². The first-order chi connectivity index (χ1) is 8.10. The molecule has 1 atom stereocenters. The summed E-state index contributed by atoms with van der Waals surface area (Å²) < 4.78 is 16.2. The Bertz CT molecular complexity index is 306. The van der Waals surface area contributed by atoms with Crippen LogP contribution in [-0.2, 0) is 23.8 Å². The van der Waals surface area contributed by atoms with Gasteiger partial charge in [-0.05, 0) is 13.3 Å². The predicted molar refractivity (Wildman–Crippen MR) is 58.3 cm³/mol. The van der Waals surface area contributed by atoms with E-state index in [4.69, 9.17) is 14.2 Å². The second-order valence-corrected chi connectivity index (χ2v) is 4.66. The van der Waals surface area contributed by atoms with Crippen LogP contribution in [0.25, 0.3) is 0 Å². The van der Waals surface area contributed by atoms with Crippen molar-refractivity contribution in [3.8, 4) is 0 Å². The highest BCUT2D eigenvalue weighted by Gasteiger charge is 2.39. The number of cyclic esters (lactones) is 1. The largest absolute Gasteiger partial charge is 0.463 e. The highest BCUT2D eigenvalue weighted by molar-refractivity contribution is 5.79. The molecule has 0 bridgehead atoms. The molecule has 2 aliphatic heterocycles. The molecule has 1 spiro atoms. The quantitative estimate of drug-likeness (QED) is 0.597. The molecule has 2 fully saturated rings. The Hall–Kier alpha value is -0.940. The third kappa shape index (κ3) is 3.26. The zero-order valence-electron chi connectivity index (χ0n) is 10.1. The van der Waals surface area contributed by atoms with Crippen LogP contribution in [0.4, 0.5) is 0 Å². The van der Waals surface area contributed by atoms with E-state index in [0.29, 0.717) is 32.5 Å². The summed E-state index contributed by atoms with van der Waals surface area (Å²) in [7, 11) is 0. The number of esters is 1.